The Hall–Kier alpha value is -1.67. The maximum atomic E-state index is 13.8. The molecule has 0 radical (unpaired) electrons. The third-order valence-corrected chi connectivity index (χ3v) is 3.34. The minimum absolute atomic E-state index is 0.111. The summed E-state index contributed by atoms with van der Waals surface area (Å²) in [5, 5.41) is 3.36. The highest BCUT2D eigenvalue weighted by Crippen LogP contribution is 2.21. The Morgan fingerprint density at radius 3 is 2.37 bits per heavy atom. The Morgan fingerprint density at radius 2 is 1.68 bits per heavy atom. The first-order valence-corrected chi connectivity index (χ1v) is 6.80. The second-order valence-corrected chi connectivity index (χ2v) is 4.71. The van der Waals surface area contributed by atoms with Crippen LogP contribution in [-0.2, 0) is 6.42 Å². The molecular formula is C17H20FN. The van der Waals surface area contributed by atoms with Crippen LogP contribution in [0.25, 0.3) is 0 Å². The molecule has 0 spiro atoms. The molecule has 100 valence electrons. The molecule has 2 rings (SSSR count). The zero-order valence-electron chi connectivity index (χ0n) is 11.3. The Morgan fingerprint density at radius 1 is 1.00 bits per heavy atom. The van der Waals surface area contributed by atoms with Crippen LogP contribution in [0.4, 0.5) is 4.39 Å². The van der Waals surface area contributed by atoms with Crippen molar-refractivity contribution in [3.05, 3.63) is 71.5 Å². The van der Waals surface area contributed by atoms with E-state index in [1.807, 2.05) is 30.3 Å². The van der Waals surface area contributed by atoms with Gasteiger partial charge in [0, 0.05) is 12.5 Å². The second-order valence-electron chi connectivity index (χ2n) is 4.71. The fourth-order valence-corrected chi connectivity index (χ4v) is 2.28. The molecule has 1 nitrogen and oxygen atoms in total. The van der Waals surface area contributed by atoms with E-state index in [4.69, 9.17) is 0 Å². The Balaban J connectivity index is 2.17. The van der Waals surface area contributed by atoms with E-state index in [-0.39, 0.29) is 5.82 Å². The molecular weight excluding hydrogens is 237 g/mol. The van der Waals surface area contributed by atoms with Crippen LogP contribution >= 0.6 is 0 Å². The van der Waals surface area contributed by atoms with Gasteiger partial charge in [0.05, 0.1) is 0 Å². The predicted molar refractivity (Wildman–Crippen MR) is 77.8 cm³/mol. The number of benzene rings is 2. The summed E-state index contributed by atoms with van der Waals surface area (Å²) in [6.45, 7) is 3.89. The smallest absolute Gasteiger partial charge is 0.126 e. The van der Waals surface area contributed by atoms with E-state index < -0.39 is 0 Å². The summed E-state index contributed by atoms with van der Waals surface area (Å²) >= 11 is 0. The molecule has 1 atom stereocenters. The lowest BCUT2D eigenvalue weighted by molar-refractivity contribution is 0.562. The van der Waals surface area contributed by atoms with Crippen molar-refractivity contribution in [2.75, 3.05) is 13.1 Å². The molecule has 0 amide bonds. The summed E-state index contributed by atoms with van der Waals surface area (Å²) < 4.78 is 13.8. The summed E-state index contributed by atoms with van der Waals surface area (Å²) in [5.41, 5.74) is 2.04. The number of likely N-dealkylation sites (N-methyl/N-ethyl adjacent to an activating group) is 1. The standard InChI is InChI=1S/C17H20FN/c1-2-19-13-16(14-8-4-3-5-9-14)12-15-10-6-7-11-17(15)18/h3-11,16,19H,2,12-13H2,1H3. The van der Waals surface area contributed by atoms with E-state index in [1.165, 1.54) is 11.6 Å². The summed E-state index contributed by atoms with van der Waals surface area (Å²) in [4.78, 5) is 0. The van der Waals surface area contributed by atoms with E-state index in [1.54, 1.807) is 6.07 Å². The van der Waals surface area contributed by atoms with Gasteiger partial charge in [-0.25, -0.2) is 4.39 Å². The van der Waals surface area contributed by atoms with Gasteiger partial charge in [0.15, 0.2) is 0 Å². The van der Waals surface area contributed by atoms with E-state index in [0.29, 0.717) is 5.92 Å². The van der Waals surface area contributed by atoms with Gasteiger partial charge in [-0.2, -0.15) is 0 Å². The van der Waals surface area contributed by atoms with Gasteiger partial charge in [0.2, 0.25) is 0 Å². The summed E-state index contributed by atoms with van der Waals surface area (Å²) in [5.74, 6) is 0.193. The number of hydrogen-bond acceptors (Lipinski definition) is 1. The Kier molecular flexibility index (Phi) is 5.10. The zero-order chi connectivity index (χ0) is 13.5. The van der Waals surface area contributed by atoms with Crippen LogP contribution in [0.2, 0.25) is 0 Å². The molecule has 0 aliphatic heterocycles. The lowest BCUT2D eigenvalue weighted by Gasteiger charge is -2.18. The highest BCUT2D eigenvalue weighted by atomic mass is 19.1. The molecule has 0 aromatic heterocycles. The third-order valence-electron chi connectivity index (χ3n) is 3.34. The van der Waals surface area contributed by atoms with Crippen molar-refractivity contribution >= 4 is 0 Å². The number of halogens is 1. The molecule has 0 saturated carbocycles. The van der Waals surface area contributed by atoms with Crippen molar-refractivity contribution in [2.24, 2.45) is 0 Å². The maximum Gasteiger partial charge on any atom is 0.126 e. The summed E-state index contributed by atoms with van der Waals surface area (Å²) in [7, 11) is 0. The topological polar surface area (TPSA) is 12.0 Å². The second kappa shape index (κ2) is 7.05. The third kappa shape index (κ3) is 3.90. The molecule has 0 saturated heterocycles. The van der Waals surface area contributed by atoms with Crippen molar-refractivity contribution in [3.63, 3.8) is 0 Å². The van der Waals surface area contributed by atoms with Gasteiger partial charge in [-0.05, 0) is 30.2 Å². The largest absolute Gasteiger partial charge is 0.316 e. The number of rotatable bonds is 6. The van der Waals surface area contributed by atoms with Crippen molar-refractivity contribution in [2.45, 2.75) is 19.3 Å². The molecule has 1 unspecified atom stereocenters. The van der Waals surface area contributed by atoms with E-state index in [0.717, 1.165) is 25.1 Å². The molecule has 2 heteroatoms. The molecule has 0 heterocycles. The lowest BCUT2D eigenvalue weighted by Crippen LogP contribution is -2.23. The normalized spacial score (nSPS) is 12.3. The molecule has 0 fully saturated rings. The molecule has 0 aliphatic carbocycles. The van der Waals surface area contributed by atoms with Crippen LogP contribution in [0.5, 0.6) is 0 Å². The first kappa shape index (κ1) is 13.8. The minimum atomic E-state index is -0.111. The first-order valence-electron chi connectivity index (χ1n) is 6.80. The van der Waals surface area contributed by atoms with Gasteiger partial charge in [-0.1, -0.05) is 55.5 Å². The minimum Gasteiger partial charge on any atom is -0.316 e. The quantitative estimate of drug-likeness (QED) is 0.830. The molecule has 1 N–H and O–H groups in total. The number of hydrogen-bond donors (Lipinski definition) is 1. The van der Waals surface area contributed by atoms with Gasteiger partial charge < -0.3 is 5.32 Å². The SMILES string of the molecule is CCNCC(Cc1ccccc1F)c1ccccc1. The van der Waals surface area contributed by atoms with Crippen LogP contribution in [0.3, 0.4) is 0 Å². The average molecular weight is 257 g/mol. The van der Waals surface area contributed by atoms with Crippen LogP contribution in [0, 0.1) is 5.82 Å². The van der Waals surface area contributed by atoms with E-state index in [9.17, 15) is 4.39 Å². The predicted octanol–water partition coefficient (Wildman–Crippen LogP) is 3.76. The number of nitrogens with one attached hydrogen (secondary N) is 1. The fraction of sp³-hybridized carbons (Fsp3) is 0.294. The van der Waals surface area contributed by atoms with Crippen molar-refractivity contribution in [3.8, 4) is 0 Å². The van der Waals surface area contributed by atoms with Gasteiger partial charge in [-0.3, -0.25) is 0 Å². The van der Waals surface area contributed by atoms with Gasteiger partial charge in [0.1, 0.15) is 5.82 Å². The molecule has 2 aromatic carbocycles. The average Bonchev–Trinajstić information content (AvgIpc) is 2.46. The molecule has 19 heavy (non-hydrogen) atoms. The molecule has 2 aromatic rings. The van der Waals surface area contributed by atoms with Crippen LogP contribution in [0.1, 0.15) is 24.0 Å². The van der Waals surface area contributed by atoms with E-state index >= 15 is 0 Å². The van der Waals surface area contributed by atoms with Gasteiger partial charge in [0.25, 0.3) is 0 Å². The Bertz CT molecular complexity index is 496. The maximum absolute atomic E-state index is 13.8. The fourth-order valence-electron chi connectivity index (χ4n) is 2.28. The van der Waals surface area contributed by atoms with Crippen molar-refractivity contribution in [1.29, 1.82) is 0 Å². The van der Waals surface area contributed by atoms with E-state index in [2.05, 4.69) is 24.4 Å². The monoisotopic (exact) mass is 257 g/mol. The zero-order valence-corrected chi connectivity index (χ0v) is 11.3. The first-order chi connectivity index (χ1) is 9.31. The molecule has 0 bridgehead atoms. The highest BCUT2D eigenvalue weighted by Gasteiger charge is 2.13. The van der Waals surface area contributed by atoms with Crippen LogP contribution < -0.4 is 5.32 Å². The summed E-state index contributed by atoms with van der Waals surface area (Å²) in [6, 6.07) is 17.4. The van der Waals surface area contributed by atoms with Crippen molar-refractivity contribution in [1.82, 2.24) is 5.32 Å². The summed E-state index contributed by atoms with van der Waals surface area (Å²) in [6.07, 6.45) is 0.726. The van der Waals surface area contributed by atoms with Crippen LogP contribution in [-0.4, -0.2) is 13.1 Å². The van der Waals surface area contributed by atoms with Crippen LogP contribution in [0.15, 0.2) is 54.6 Å². The molecule has 0 aliphatic rings. The lowest BCUT2D eigenvalue weighted by atomic mass is 9.91. The van der Waals surface area contributed by atoms with Crippen molar-refractivity contribution < 1.29 is 4.39 Å². The van der Waals surface area contributed by atoms with Gasteiger partial charge >= 0.3 is 0 Å². The Labute approximate surface area is 114 Å². The van der Waals surface area contributed by atoms with Gasteiger partial charge in [-0.15, -0.1) is 0 Å². The highest BCUT2D eigenvalue weighted by molar-refractivity contribution is 5.25.